The van der Waals surface area contributed by atoms with Crippen LogP contribution in [0.15, 0.2) is 24.3 Å². The van der Waals surface area contributed by atoms with Gasteiger partial charge in [0.25, 0.3) is 0 Å². The molecule has 94 valence electrons. The molecule has 6 nitrogen and oxygen atoms in total. The molecule has 0 spiro atoms. The Morgan fingerprint density at radius 3 is 2.67 bits per heavy atom. The van der Waals surface area contributed by atoms with Gasteiger partial charge in [0.2, 0.25) is 5.82 Å². The number of methoxy groups -OCH3 is 1. The molecule has 0 saturated carbocycles. The van der Waals surface area contributed by atoms with Crippen molar-refractivity contribution in [3.63, 3.8) is 0 Å². The van der Waals surface area contributed by atoms with Crippen molar-refractivity contribution in [1.82, 2.24) is 15.2 Å². The molecule has 18 heavy (non-hydrogen) atoms. The van der Waals surface area contributed by atoms with E-state index in [2.05, 4.69) is 15.2 Å². The predicted molar refractivity (Wildman–Crippen MR) is 64.3 cm³/mol. The Bertz CT molecular complexity index is 534. The van der Waals surface area contributed by atoms with Crippen molar-refractivity contribution in [3.8, 4) is 17.1 Å². The van der Waals surface area contributed by atoms with Crippen molar-refractivity contribution >= 4 is 5.97 Å². The Kier molecular flexibility index (Phi) is 3.57. The maximum absolute atomic E-state index is 11.4. The number of aromatic nitrogens is 3. The van der Waals surface area contributed by atoms with Crippen LogP contribution in [0.5, 0.6) is 5.75 Å². The molecule has 2 rings (SSSR count). The summed E-state index contributed by atoms with van der Waals surface area (Å²) in [6.45, 7) is 2.04. The smallest absolute Gasteiger partial charge is 0.375 e. The van der Waals surface area contributed by atoms with Gasteiger partial charge in [-0.05, 0) is 31.2 Å². The van der Waals surface area contributed by atoms with Crippen molar-refractivity contribution in [2.24, 2.45) is 0 Å². The molecule has 1 aromatic carbocycles. The number of nitrogens with one attached hydrogen (secondary N) is 1. The maximum Gasteiger partial charge on any atom is 0.375 e. The molecule has 0 atom stereocenters. The Balaban J connectivity index is 2.20. The minimum atomic E-state index is -0.509. The van der Waals surface area contributed by atoms with Gasteiger partial charge < -0.3 is 9.47 Å². The number of nitrogens with zero attached hydrogens (tertiary/aromatic N) is 2. The standard InChI is InChI=1S/C12H13N3O3/c1-3-18-12(16)11-13-10(14-15-11)8-4-6-9(17-2)7-5-8/h4-7H,3H2,1-2H3,(H,13,14,15). The predicted octanol–water partition coefficient (Wildman–Crippen LogP) is 1.66. The van der Waals surface area contributed by atoms with E-state index in [1.54, 1.807) is 26.2 Å². The highest BCUT2D eigenvalue weighted by molar-refractivity contribution is 5.85. The first kappa shape index (κ1) is 12.1. The van der Waals surface area contributed by atoms with Gasteiger partial charge in [0.15, 0.2) is 5.82 Å². The van der Waals surface area contributed by atoms with E-state index in [1.165, 1.54) is 0 Å². The molecule has 0 fully saturated rings. The van der Waals surface area contributed by atoms with Crippen molar-refractivity contribution in [2.45, 2.75) is 6.92 Å². The highest BCUT2D eigenvalue weighted by atomic mass is 16.5. The monoisotopic (exact) mass is 247 g/mol. The van der Waals surface area contributed by atoms with Crippen LogP contribution in [0.3, 0.4) is 0 Å². The summed E-state index contributed by atoms with van der Waals surface area (Å²) in [7, 11) is 1.60. The molecule has 6 heteroatoms. The third-order valence-corrected chi connectivity index (χ3v) is 2.30. The average Bonchev–Trinajstić information content (AvgIpc) is 2.89. The van der Waals surface area contributed by atoms with E-state index in [-0.39, 0.29) is 5.82 Å². The number of esters is 1. The molecule has 0 radical (unpaired) electrons. The summed E-state index contributed by atoms with van der Waals surface area (Å²) in [5.74, 6) is 0.785. The van der Waals surface area contributed by atoms with Crippen molar-refractivity contribution in [3.05, 3.63) is 30.1 Å². The molecule has 0 aliphatic rings. The summed E-state index contributed by atoms with van der Waals surface area (Å²) in [5, 5.41) is 6.52. The van der Waals surface area contributed by atoms with Crippen LogP contribution in [0.25, 0.3) is 11.4 Å². The molecular weight excluding hydrogens is 234 g/mol. The molecule has 2 aromatic rings. The second-order valence-electron chi connectivity index (χ2n) is 3.46. The minimum absolute atomic E-state index is 0.0997. The first-order valence-electron chi connectivity index (χ1n) is 5.48. The number of carbonyl (C=O) groups is 1. The SMILES string of the molecule is CCOC(=O)c1nc(-c2ccc(OC)cc2)n[nH]1. The quantitative estimate of drug-likeness (QED) is 0.831. The fraction of sp³-hybridized carbons (Fsp3) is 0.250. The van der Waals surface area contributed by atoms with Crippen LogP contribution in [0.1, 0.15) is 17.5 Å². The lowest BCUT2D eigenvalue weighted by atomic mass is 10.2. The molecule has 1 aromatic heterocycles. The topological polar surface area (TPSA) is 77.1 Å². The van der Waals surface area contributed by atoms with Gasteiger partial charge in [-0.1, -0.05) is 0 Å². The largest absolute Gasteiger partial charge is 0.497 e. The van der Waals surface area contributed by atoms with Crippen molar-refractivity contribution in [2.75, 3.05) is 13.7 Å². The van der Waals surface area contributed by atoms with Gasteiger partial charge >= 0.3 is 5.97 Å². The molecule has 0 bridgehead atoms. The number of benzene rings is 1. The summed E-state index contributed by atoms with van der Waals surface area (Å²) in [6, 6.07) is 7.24. The summed E-state index contributed by atoms with van der Waals surface area (Å²) in [6.07, 6.45) is 0. The number of aromatic amines is 1. The van der Waals surface area contributed by atoms with Crippen molar-refractivity contribution < 1.29 is 14.3 Å². The fourth-order valence-electron chi connectivity index (χ4n) is 1.42. The minimum Gasteiger partial charge on any atom is -0.497 e. The van der Waals surface area contributed by atoms with Gasteiger partial charge in [-0.15, -0.1) is 0 Å². The number of hydrogen-bond donors (Lipinski definition) is 1. The summed E-state index contributed by atoms with van der Waals surface area (Å²) in [5.41, 5.74) is 0.794. The summed E-state index contributed by atoms with van der Waals surface area (Å²) >= 11 is 0. The van der Waals surface area contributed by atoms with E-state index in [9.17, 15) is 4.79 Å². The van der Waals surface area contributed by atoms with E-state index in [0.29, 0.717) is 12.4 Å². The van der Waals surface area contributed by atoms with Gasteiger partial charge in [0, 0.05) is 5.56 Å². The molecule has 1 heterocycles. The van der Waals surface area contributed by atoms with Crippen LogP contribution < -0.4 is 4.74 Å². The molecule has 0 saturated heterocycles. The van der Waals surface area contributed by atoms with Crippen molar-refractivity contribution in [1.29, 1.82) is 0 Å². The van der Waals surface area contributed by atoms with E-state index in [1.807, 2.05) is 12.1 Å². The number of rotatable bonds is 4. The van der Waals surface area contributed by atoms with E-state index in [4.69, 9.17) is 9.47 Å². The van der Waals surface area contributed by atoms with Gasteiger partial charge in [-0.2, -0.15) is 5.10 Å². The van der Waals surface area contributed by atoms with Crippen LogP contribution in [0, 0.1) is 0 Å². The lowest BCUT2D eigenvalue weighted by Crippen LogP contribution is -2.06. The van der Waals surface area contributed by atoms with Gasteiger partial charge in [-0.3, -0.25) is 5.10 Å². The summed E-state index contributed by atoms with van der Waals surface area (Å²) < 4.78 is 9.88. The molecule has 0 amide bonds. The Morgan fingerprint density at radius 2 is 2.06 bits per heavy atom. The van der Waals surface area contributed by atoms with Crippen LogP contribution >= 0.6 is 0 Å². The lowest BCUT2D eigenvalue weighted by molar-refractivity contribution is 0.0512. The normalized spacial score (nSPS) is 10.1. The summed E-state index contributed by atoms with van der Waals surface area (Å²) in [4.78, 5) is 15.5. The number of ether oxygens (including phenoxy) is 2. The molecule has 1 N–H and O–H groups in total. The first-order valence-corrected chi connectivity index (χ1v) is 5.48. The second kappa shape index (κ2) is 5.31. The maximum atomic E-state index is 11.4. The Hall–Kier alpha value is -2.37. The molecular formula is C12H13N3O3. The van der Waals surface area contributed by atoms with Crippen LogP contribution in [0.4, 0.5) is 0 Å². The second-order valence-corrected chi connectivity index (χ2v) is 3.46. The lowest BCUT2D eigenvalue weighted by Gasteiger charge is -1.99. The zero-order valence-electron chi connectivity index (χ0n) is 10.1. The van der Waals surface area contributed by atoms with Crippen LogP contribution in [-0.4, -0.2) is 34.9 Å². The molecule has 0 aliphatic heterocycles. The molecule has 0 aliphatic carbocycles. The third kappa shape index (κ3) is 2.48. The van der Waals surface area contributed by atoms with E-state index in [0.717, 1.165) is 11.3 Å². The fourth-order valence-corrected chi connectivity index (χ4v) is 1.42. The van der Waals surface area contributed by atoms with E-state index < -0.39 is 5.97 Å². The Morgan fingerprint density at radius 1 is 1.33 bits per heavy atom. The number of hydrogen-bond acceptors (Lipinski definition) is 5. The Labute approximate surface area is 104 Å². The third-order valence-electron chi connectivity index (χ3n) is 2.30. The zero-order valence-corrected chi connectivity index (χ0v) is 10.1. The average molecular weight is 247 g/mol. The van der Waals surface area contributed by atoms with Crippen LogP contribution in [0.2, 0.25) is 0 Å². The number of H-pyrrole nitrogens is 1. The van der Waals surface area contributed by atoms with E-state index >= 15 is 0 Å². The zero-order chi connectivity index (χ0) is 13.0. The van der Waals surface area contributed by atoms with Gasteiger partial charge in [-0.25, -0.2) is 9.78 Å². The highest BCUT2D eigenvalue weighted by Crippen LogP contribution is 2.18. The van der Waals surface area contributed by atoms with Gasteiger partial charge in [0.1, 0.15) is 5.75 Å². The van der Waals surface area contributed by atoms with Gasteiger partial charge in [0.05, 0.1) is 13.7 Å². The molecule has 0 unspecified atom stereocenters. The number of carbonyl (C=O) groups excluding carboxylic acids is 1. The first-order chi connectivity index (χ1) is 8.74. The van der Waals surface area contributed by atoms with Crippen LogP contribution in [-0.2, 0) is 4.74 Å². The highest BCUT2D eigenvalue weighted by Gasteiger charge is 2.13.